The van der Waals surface area contributed by atoms with Crippen molar-refractivity contribution >= 4 is 23.1 Å². The molecule has 1 nitrogen and oxygen atoms in total. The molecular weight excluding hydrogens is 188 g/mol. The molecule has 0 radical (unpaired) electrons. The zero-order valence-corrected chi connectivity index (χ0v) is 8.83. The van der Waals surface area contributed by atoms with E-state index in [4.69, 9.17) is 5.11 Å². The van der Waals surface area contributed by atoms with Gasteiger partial charge in [-0.1, -0.05) is 13.0 Å². The molecule has 0 spiro atoms. The van der Waals surface area contributed by atoms with Crippen LogP contribution in [0.2, 0.25) is 0 Å². The van der Waals surface area contributed by atoms with Gasteiger partial charge in [0.05, 0.1) is 0 Å². The van der Waals surface area contributed by atoms with Gasteiger partial charge in [0.25, 0.3) is 0 Å². The summed E-state index contributed by atoms with van der Waals surface area (Å²) in [7, 11) is 0. The van der Waals surface area contributed by atoms with Crippen LogP contribution < -0.4 is 0 Å². The lowest BCUT2D eigenvalue weighted by atomic mass is 10.2. The molecule has 0 saturated heterocycles. The maximum absolute atomic E-state index is 8.78. The lowest BCUT2D eigenvalue weighted by Gasteiger charge is -2.05. The third-order valence-electron chi connectivity index (χ3n) is 1.54. The number of thioether (sulfide) groups is 1. The average Bonchev–Trinajstić information content (AvgIpc) is 2.57. The van der Waals surface area contributed by atoms with Crippen LogP contribution in [-0.2, 0) is 5.75 Å². The van der Waals surface area contributed by atoms with Crippen LogP contribution in [0, 0.1) is 5.92 Å². The molecule has 0 aromatic carbocycles. The molecule has 12 heavy (non-hydrogen) atoms. The summed E-state index contributed by atoms with van der Waals surface area (Å²) in [4.78, 5) is 1.42. The van der Waals surface area contributed by atoms with Gasteiger partial charge in [-0.05, 0) is 23.1 Å². The van der Waals surface area contributed by atoms with Crippen molar-refractivity contribution in [3.8, 4) is 0 Å². The van der Waals surface area contributed by atoms with E-state index in [0.717, 1.165) is 11.5 Å². The normalized spacial score (nSPS) is 13.2. The third kappa shape index (κ3) is 3.61. The van der Waals surface area contributed by atoms with Crippen LogP contribution in [0.15, 0.2) is 17.5 Å². The van der Waals surface area contributed by atoms with Crippen molar-refractivity contribution in [2.75, 3.05) is 12.4 Å². The largest absolute Gasteiger partial charge is 0.396 e. The second kappa shape index (κ2) is 5.62. The van der Waals surface area contributed by atoms with Gasteiger partial charge in [-0.3, -0.25) is 0 Å². The summed E-state index contributed by atoms with van der Waals surface area (Å²) in [6.07, 6.45) is 0. The van der Waals surface area contributed by atoms with Gasteiger partial charge in [-0.25, -0.2) is 0 Å². The van der Waals surface area contributed by atoms with Crippen LogP contribution in [0.1, 0.15) is 11.8 Å². The molecule has 0 fully saturated rings. The molecule has 0 aliphatic carbocycles. The van der Waals surface area contributed by atoms with Crippen LogP contribution in [0.4, 0.5) is 0 Å². The smallest absolute Gasteiger partial charge is 0.0464 e. The number of aliphatic hydroxyl groups is 1. The highest BCUT2D eigenvalue weighted by atomic mass is 32.2. The fraction of sp³-hybridized carbons (Fsp3) is 0.556. The highest BCUT2D eigenvalue weighted by molar-refractivity contribution is 7.98. The Morgan fingerprint density at radius 2 is 2.50 bits per heavy atom. The summed E-state index contributed by atoms with van der Waals surface area (Å²) in [5.41, 5.74) is 0. The van der Waals surface area contributed by atoms with E-state index in [-0.39, 0.29) is 0 Å². The molecule has 1 heterocycles. The zero-order valence-electron chi connectivity index (χ0n) is 7.19. The molecule has 3 heteroatoms. The summed E-state index contributed by atoms with van der Waals surface area (Å²) in [6.45, 7) is 2.37. The first-order chi connectivity index (χ1) is 5.83. The van der Waals surface area contributed by atoms with Gasteiger partial charge < -0.3 is 5.11 Å². The van der Waals surface area contributed by atoms with Crippen molar-refractivity contribution in [2.24, 2.45) is 5.92 Å². The summed E-state index contributed by atoms with van der Waals surface area (Å²) in [6, 6.07) is 4.23. The maximum Gasteiger partial charge on any atom is 0.0464 e. The summed E-state index contributed by atoms with van der Waals surface area (Å²) in [5.74, 6) is 2.56. The molecule has 1 atom stereocenters. The van der Waals surface area contributed by atoms with E-state index in [9.17, 15) is 0 Å². The van der Waals surface area contributed by atoms with Gasteiger partial charge >= 0.3 is 0 Å². The lowest BCUT2D eigenvalue weighted by molar-refractivity contribution is 0.250. The van der Waals surface area contributed by atoms with Crippen LogP contribution in [0.25, 0.3) is 0 Å². The Morgan fingerprint density at radius 1 is 1.67 bits per heavy atom. The number of rotatable bonds is 5. The summed E-state index contributed by atoms with van der Waals surface area (Å²) < 4.78 is 0. The molecule has 1 aromatic heterocycles. The van der Waals surface area contributed by atoms with Crippen molar-refractivity contribution in [2.45, 2.75) is 12.7 Å². The molecule has 1 aromatic rings. The first-order valence-corrected chi connectivity index (χ1v) is 6.07. The minimum absolute atomic E-state index is 0.303. The van der Waals surface area contributed by atoms with Crippen molar-refractivity contribution < 1.29 is 5.11 Å². The summed E-state index contributed by atoms with van der Waals surface area (Å²) in [5, 5.41) is 10.9. The Labute approximate surface area is 81.8 Å². The molecule has 1 rings (SSSR count). The van der Waals surface area contributed by atoms with E-state index in [0.29, 0.717) is 12.5 Å². The van der Waals surface area contributed by atoms with E-state index in [2.05, 4.69) is 24.4 Å². The highest BCUT2D eigenvalue weighted by Gasteiger charge is 2.00. The van der Waals surface area contributed by atoms with Crippen LogP contribution in [-0.4, -0.2) is 17.5 Å². The number of hydrogen-bond acceptors (Lipinski definition) is 3. The Hall–Kier alpha value is 0.01000. The van der Waals surface area contributed by atoms with E-state index in [1.807, 2.05) is 11.8 Å². The molecule has 0 saturated carbocycles. The molecule has 1 unspecified atom stereocenters. The standard InChI is InChI=1S/C9H14OS2/c1-8(5-10)6-11-7-9-3-2-4-12-9/h2-4,8,10H,5-7H2,1H3. The minimum atomic E-state index is 0.303. The first-order valence-electron chi connectivity index (χ1n) is 4.04. The second-order valence-electron chi connectivity index (χ2n) is 2.88. The van der Waals surface area contributed by atoms with Gasteiger partial charge in [0.1, 0.15) is 0 Å². The zero-order chi connectivity index (χ0) is 8.81. The number of thiophene rings is 1. The van der Waals surface area contributed by atoms with E-state index >= 15 is 0 Å². The topological polar surface area (TPSA) is 20.2 Å². The Bertz CT molecular complexity index is 196. The SMILES string of the molecule is CC(CO)CSCc1cccs1. The quantitative estimate of drug-likeness (QED) is 0.792. The third-order valence-corrected chi connectivity index (χ3v) is 3.92. The molecule has 68 valence electrons. The molecule has 1 N–H and O–H groups in total. The van der Waals surface area contributed by atoms with Crippen LogP contribution in [0.3, 0.4) is 0 Å². The van der Waals surface area contributed by atoms with E-state index < -0.39 is 0 Å². The number of hydrogen-bond donors (Lipinski definition) is 1. The number of aliphatic hydroxyl groups excluding tert-OH is 1. The molecule has 0 amide bonds. The van der Waals surface area contributed by atoms with Gasteiger partial charge in [0.15, 0.2) is 0 Å². The van der Waals surface area contributed by atoms with E-state index in [1.165, 1.54) is 4.88 Å². The van der Waals surface area contributed by atoms with Gasteiger partial charge in [-0.2, -0.15) is 11.8 Å². The van der Waals surface area contributed by atoms with Gasteiger partial charge in [-0.15, -0.1) is 11.3 Å². The predicted octanol–water partition coefficient (Wildman–Crippen LogP) is 2.61. The van der Waals surface area contributed by atoms with Crippen molar-refractivity contribution in [3.63, 3.8) is 0 Å². The Morgan fingerprint density at radius 3 is 3.08 bits per heavy atom. The molecule has 0 aliphatic rings. The van der Waals surface area contributed by atoms with E-state index in [1.54, 1.807) is 11.3 Å². The van der Waals surface area contributed by atoms with Crippen molar-refractivity contribution in [3.05, 3.63) is 22.4 Å². The van der Waals surface area contributed by atoms with Crippen molar-refractivity contribution in [1.29, 1.82) is 0 Å². The first kappa shape index (κ1) is 10.1. The fourth-order valence-electron chi connectivity index (χ4n) is 0.808. The Kier molecular flexibility index (Phi) is 4.73. The van der Waals surface area contributed by atoms with Crippen molar-refractivity contribution in [1.82, 2.24) is 0 Å². The average molecular weight is 202 g/mol. The summed E-state index contributed by atoms with van der Waals surface area (Å²) >= 11 is 3.69. The molecule has 0 aliphatic heterocycles. The maximum atomic E-state index is 8.78. The Balaban J connectivity index is 2.11. The van der Waals surface area contributed by atoms with Gasteiger partial charge in [0, 0.05) is 17.2 Å². The second-order valence-corrected chi connectivity index (χ2v) is 4.94. The molecular formula is C9H14OS2. The highest BCUT2D eigenvalue weighted by Crippen LogP contribution is 2.18. The monoisotopic (exact) mass is 202 g/mol. The predicted molar refractivity (Wildman–Crippen MR) is 56.7 cm³/mol. The van der Waals surface area contributed by atoms with Crippen LogP contribution >= 0.6 is 23.1 Å². The lowest BCUT2D eigenvalue weighted by Crippen LogP contribution is -2.03. The minimum Gasteiger partial charge on any atom is -0.396 e. The molecule has 0 bridgehead atoms. The van der Waals surface area contributed by atoms with Crippen LogP contribution in [0.5, 0.6) is 0 Å². The van der Waals surface area contributed by atoms with Gasteiger partial charge in [0.2, 0.25) is 0 Å². The fourth-order valence-corrected chi connectivity index (χ4v) is 2.74.